The molecule has 0 aromatic heterocycles. The predicted octanol–water partition coefficient (Wildman–Crippen LogP) is 3.66. The summed E-state index contributed by atoms with van der Waals surface area (Å²) >= 11 is 7.05. The van der Waals surface area contributed by atoms with E-state index in [-0.39, 0.29) is 23.1 Å². The lowest BCUT2D eigenvalue weighted by Gasteiger charge is -2.26. The number of nitrogens with zero attached hydrogens (tertiary/aromatic N) is 1. The van der Waals surface area contributed by atoms with E-state index >= 15 is 0 Å². The molecule has 1 aliphatic heterocycles. The highest BCUT2D eigenvalue weighted by Crippen LogP contribution is 2.45. The van der Waals surface area contributed by atoms with Crippen molar-refractivity contribution in [3.8, 4) is 11.5 Å². The third kappa shape index (κ3) is 4.14. The number of carbonyl (C=O) groups is 2. The molecular weight excluding hydrogens is 388 g/mol. The summed E-state index contributed by atoms with van der Waals surface area (Å²) in [5, 5.41) is 2.52. The van der Waals surface area contributed by atoms with Gasteiger partial charge in [-0.3, -0.25) is 14.5 Å². The molecule has 2 amide bonds. The highest BCUT2D eigenvalue weighted by Gasteiger charge is 2.35. The van der Waals surface area contributed by atoms with E-state index in [2.05, 4.69) is 5.32 Å². The standard InChI is InChI=1S/C19H19ClN2O4S/c1-25-14-7-8-15(16(9-14)26-2)22-18(24)11-27-19(22)12-3-5-13(6-4-12)21-17(23)10-20/h3-9,19H,10-11H2,1-2H3,(H,21,23)/t19-/m0/s1. The van der Waals surface area contributed by atoms with Crippen LogP contribution in [0.1, 0.15) is 10.9 Å². The molecule has 2 aromatic rings. The van der Waals surface area contributed by atoms with Gasteiger partial charge >= 0.3 is 0 Å². The molecule has 1 aliphatic rings. The van der Waals surface area contributed by atoms with Crippen molar-refractivity contribution in [2.75, 3.05) is 36.1 Å². The number of ether oxygens (including phenoxy) is 2. The van der Waals surface area contributed by atoms with Crippen molar-refractivity contribution in [3.63, 3.8) is 0 Å². The van der Waals surface area contributed by atoms with Crippen molar-refractivity contribution in [2.45, 2.75) is 5.37 Å². The maximum atomic E-state index is 12.6. The predicted molar refractivity (Wildman–Crippen MR) is 108 cm³/mol. The van der Waals surface area contributed by atoms with Crippen molar-refractivity contribution >= 4 is 46.6 Å². The Bertz CT molecular complexity index is 844. The van der Waals surface area contributed by atoms with E-state index in [0.29, 0.717) is 28.6 Å². The monoisotopic (exact) mass is 406 g/mol. The number of benzene rings is 2. The van der Waals surface area contributed by atoms with Crippen LogP contribution in [0, 0.1) is 0 Å². The molecular formula is C19H19ClN2O4S. The highest BCUT2D eigenvalue weighted by molar-refractivity contribution is 8.00. The van der Waals surface area contributed by atoms with Crippen LogP contribution in [0.5, 0.6) is 11.5 Å². The van der Waals surface area contributed by atoms with Crippen LogP contribution in [-0.2, 0) is 9.59 Å². The second-order valence-corrected chi connectivity index (χ2v) is 7.10. The third-order valence-corrected chi connectivity index (χ3v) is 5.57. The van der Waals surface area contributed by atoms with Gasteiger partial charge in [0.25, 0.3) is 0 Å². The Hall–Kier alpha value is -2.38. The Morgan fingerprint density at radius 2 is 1.96 bits per heavy atom. The molecule has 0 radical (unpaired) electrons. The number of carbonyl (C=O) groups excluding carboxylic acids is 2. The minimum absolute atomic E-state index is 0.00739. The van der Waals surface area contributed by atoms with Crippen molar-refractivity contribution in [1.29, 1.82) is 0 Å². The number of hydrogen-bond donors (Lipinski definition) is 1. The zero-order valence-corrected chi connectivity index (χ0v) is 16.5. The summed E-state index contributed by atoms with van der Waals surface area (Å²) in [7, 11) is 3.15. The number of alkyl halides is 1. The smallest absolute Gasteiger partial charge is 0.239 e. The molecule has 8 heteroatoms. The molecule has 27 heavy (non-hydrogen) atoms. The molecule has 3 rings (SSSR count). The van der Waals surface area contributed by atoms with Crippen LogP contribution < -0.4 is 19.7 Å². The van der Waals surface area contributed by atoms with Gasteiger partial charge in [-0.15, -0.1) is 23.4 Å². The van der Waals surface area contributed by atoms with E-state index in [4.69, 9.17) is 21.1 Å². The van der Waals surface area contributed by atoms with Crippen molar-refractivity contribution in [2.24, 2.45) is 0 Å². The Morgan fingerprint density at radius 3 is 2.59 bits per heavy atom. The van der Waals surface area contributed by atoms with Crippen molar-refractivity contribution in [1.82, 2.24) is 0 Å². The molecule has 1 N–H and O–H groups in total. The molecule has 1 atom stereocenters. The molecule has 1 heterocycles. The van der Waals surface area contributed by atoms with Gasteiger partial charge < -0.3 is 14.8 Å². The lowest BCUT2D eigenvalue weighted by Crippen LogP contribution is -2.28. The molecule has 0 spiro atoms. The summed E-state index contributed by atoms with van der Waals surface area (Å²) < 4.78 is 10.7. The van der Waals surface area contributed by atoms with Crippen LogP contribution in [0.25, 0.3) is 0 Å². The molecule has 2 aromatic carbocycles. The number of hydrogen-bond acceptors (Lipinski definition) is 5. The number of anilines is 2. The Morgan fingerprint density at radius 1 is 1.22 bits per heavy atom. The normalized spacial score (nSPS) is 16.3. The Labute approximate surface area is 166 Å². The van der Waals surface area contributed by atoms with E-state index in [1.165, 1.54) is 0 Å². The first-order valence-electron chi connectivity index (χ1n) is 8.19. The van der Waals surface area contributed by atoms with Crippen LogP contribution in [0.4, 0.5) is 11.4 Å². The summed E-state index contributed by atoms with van der Waals surface area (Å²) in [4.78, 5) is 25.7. The molecule has 0 saturated carbocycles. The van der Waals surface area contributed by atoms with Gasteiger partial charge in [-0.25, -0.2) is 0 Å². The van der Waals surface area contributed by atoms with Gasteiger partial charge in [0.05, 0.1) is 25.7 Å². The summed E-state index contributed by atoms with van der Waals surface area (Å²) in [6.45, 7) is 0. The first-order chi connectivity index (χ1) is 13.1. The SMILES string of the molecule is COc1ccc(N2C(=O)CS[C@H]2c2ccc(NC(=O)CCl)cc2)c(OC)c1. The Kier molecular flexibility index (Phi) is 6.13. The fraction of sp³-hybridized carbons (Fsp3) is 0.263. The molecule has 6 nitrogen and oxygen atoms in total. The number of rotatable bonds is 6. The summed E-state index contributed by atoms with van der Waals surface area (Å²) in [5.41, 5.74) is 2.30. The van der Waals surface area contributed by atoms with E-state index in [9.17, 15) is 9.59 Å². The van der Waals surface area contributed by atoms with Gasteiger partial charge in [-0.05, 0) is 29.8 Å². The summed E-state index contributed by atoms with van der Waals surface area (Å²) in [5.74, 6) is 1.25. The van der Waals surface area contributed by atoms with Gasteiger partial charge in [0.1, 0.15) is 22.8 Å². The first kappa shape index (κ1) is 19.4. The molecule has 1 fully saturated rings. The second kappa shape index (κ2) is 8.54. The number of methoxy groups -OCH3 is 2. The number of amides is 2. The fourth-order valence-electron chi connectivity index (χ4n) is 2.84. The average molecular weight is 407 g/mol. The zero-order valence-electron chi connectivity index (χ0n) is 14.9. The third-order valence-electron chi connectivity index (χ3n) is 4.12. The molecule has 142 valence electrons. The van der Waals surface area contributed by atoms with Gasteiger partial charge in [0.15, 0.2) is 0 Å². The highest BCUT2D eigenvalue weighted by atomic mass is 35.5. The minimum Gasteiger partial charge on any atom is -0.497 e. The summed E-state index contributed by atoms with van der Waals surface area (Å²) in [6, 6.07) is 12.8. The lowest BCUT2D eigenvalue weighted by atomic mass is 10.1. The van der Waals surface area contributed by atoms with E-state index in [0.717, 1.165) is 5.56 Å². The quantitative estimate of drug-likeness (QED) is 0.741. The maximum Gasteiger partial charge on any atom is 0.239 e. The van der Waals surface area contributed by atoms with Crippen LogP contribution in [0.2, 0.25) is 0 Å². The van der Waals surface area contributed by atoms with Gasteiger partial charge in [-0.2, -0.15) is 0 Å². The molecule has 1 saturated heterocycles. The average Bonchev–Trinajstić information content (AvgIpc) is 3.09. The van der Waals surface area contributed by atoms with E-state index in [1.54, 1.807) is 55.1 Å². The number of nitrogens with one attached hydrogen (secondary N) is 1. The van der Waals surface area contributed by atoms with Crippen LogP contribution in [-0.4, -0.2) is 37.7 Å². The molecule has 0 bridgehead atoms. The number of halogens is 1. The van der Waals surface area contributed by atoms with Crippen LogP contribution in [0.15, 0.2) is 42.5 Å². The van der Waals surface area contributed by atoms with E-state index in [1.807, 2.05) is 18.2 Å². The number of thioether (sulfide) groups is 1. The van der Waals surface area contributed by atoms with Crippen molar-refractivity contribution in [3.05, 3.63) is 48.0 Å². The lowest BCUT2D eigenvalue weighted by molar-refractivity contribution is -0.116. The Balaban J connectivity index is 1.90. The molecule has 0 unspecified atom stereocenters. The van der Waals surface area contributed by atoms with Gasteiger partial charge in [0.2, 0.25) is 11.8 Å². The van der Waals surface area contributed by atoms with E-state index < -0.39 is 0 Å². The zero-order chi connectivity index (χ0) is 19.4. The second-order valence-electron chi connectivity index (χ2n) is 5.77. The van der Waals surface area contributed by atoms with Crippen molar-refractivity contribution < 1.29 is 19.1 Å². The van der Waals surface area contributed by atoms with Crippen LogP contribution in [0.3, 0.4) is 0 Å². The summed E-state index contributed by atoms with van der Waals surface area (Å²) in [6.07, 6.45) is 0. The molecule has 0 aliphatic carbocycles. The largest absolute Gasteiger partial charge is 0.497 e. The topological polar surface area (TPSA) is 67.9 Å². The van der Waals surface area contributed by atoms with Crippen LogP contribution >= 0.6 is 23.4 Å². The minimum atomic E-state index is -0.264. The first-order valence-corrected chi connectivity index (χ1v) is 9.77. The fourth-order valence-corrected chi connectivity index (χ4v) is 4.08. The van der Waals surface area contributed by atoms with Gasteiger partial charge in [-0.1, -0.05) is 12.1 Å². The maximum absolute atomic E-state index is 12.6. The van der Waals surface area contributed by atoms with Gasteiger partial charge in [0, 0.05) is 11.8 Å².